The molecule has 1 aromatic heterocycles. The maximum atomic E-state index is 13.6. The van der Waals surface area contributed by atoms with Gasteiger partial charge >= 0.3 is 6.18 Å². The fourth-order valence-corrected chi connectivity index (χ4v) is 5.83. The molecule has 37 heavy (non-hydrogen) atoms. The number of alkyl halides is 3. The molecule has 0 saturated heterocycles. The van der Waals surface area contributed by atoms with E-state index in [1.165, 1.54) is 30.2 Å². The maximum Gasteiger partial charge on any atom is 0.394 e. The molecule has 0 saturated carbocycles. The van der Waals surface area contributed by atoms with Crippen molar-refractivity contribution in [1.82, 2.24) is 0 Å². The Morgan fingerprint density at radius 2 is 1.57 bits per heavy atom. The van der Waals surface area contributed by atoms with Gasteiger partial charge in [-0.25, -0.2) is 4.57 Å². The molecule has 0 bridgehead atoms. The summed E-state index contributed by atoms with van der Waals surface area (Å²) in [4.78, 5) is 0. The Morgan fingerprint density at radius 3 is 2.30 bits per heavy atom. The van der Waals surface area contributed by atoms with Crippen molar-refractivity contribution in [3.8, 4) is 22.8 Å². The minimum Gasteiger partial charge on any atom is -0.455 e. The van der Waals surface area contributed by atoms with Crippen molar-refractivity contribution in [3.63, 3.8) is 0 Å². The number of rotatable bonds is 2. The number of aryl methyl sites for hydroxylation is 4. The van der Waals surface area contributed by atoms with Crippen LogP contribution in [0, 0.1) is 26.2 Å². The average molecular weight is 501 g/mol. The fourth-order valence-electron chi connectivity index (χ4n) is 5.83. The van der Waals surface area contributed by atoms with Crippen molar-refractivity contribution in [2.24, 2.45) is 12.5 Å². The van der Waals surface area contributed by atoms with E-state index in [-0.39, 0.29) is 6.42 Å². The number of nitrogens with zero attached hydrogens (tertiary/aromatic N) is 1. The van der Waals surface area contributed by atoms with Crippen LogP contribution in [-0.4, -0.2) is 6.18 Å². The second-order valence-corrected chi connectivity index (χ2v) is 11.2. The van der Waals surface area contributed by atoms with E-state index in [2.05, 4.69) is 43.5 Å². The zero-order chi connectivity index (χ0) is 26.4. The van der Waals surface area contributed by atoms with Crippen LogP contribution in [0.4, 0.5) is 13.2 Å². The van der Waals surface area contributed by atoms with Crippen LogP contribution in [0.2, 0.25) is 0 Å². The molecule has 5 aromatic rings. The molecule has 2 heterocycles. The third-order valence-corrected chi connectivity index (χ3v) is 8.05. The van der Waals surface area contributed by atoms with Crippen LogP contribution in [0.5, 0.6) is 11.5 Å². The largest absolute Gasteiger partial charge is 0.455 e. The molecule has 2 nitrogen and oxygen atoms in total. The number of hydrogen-bond acceptors (Lipinski definition) is 1. The molecule has 0 amide bonds. The van der Waals surface area contributed by atoms with E-state index in [0.29, 0.717) is 5.56 Å². The molecule has 6 rings (SSSR count). The second-order valence-electron chi connectivity index (χ2n) is 11.2. The Hall–Kier alpha value is -3.60. The van der Waals surface area contributed by atoms with Gasteiger partial charge in [-0.2, -0.15) is 13.2 Å². The Balaban J connectivity index is 1.66. The van der Waals surface area contributed by atoms with Crippen molar-refractivity contribution in [2.75, 3.05) is 0 Å². The quantitative estimate of drug-likeness (QED) is 0.171. The van der Waals surface area contributed by atoms with Gasteiger partial charge in [0.1, 0.15) is 18.5 Å². The smallest absolute Gasteiger partial charge is 0.394 e. The Morgan fingerprint density at radius 1 is 0.811 bits per heavy atom. The predicted octanol–water partition coefficient (Wildman–Crippen LogP) is 8.80. The fraction of sp³-hybridized carbons (Fsp3) is 0.281. The summed E-state index contributed by atoms with van der Waals surface area (Å²) in [5.74, 6) is 1.64. The predicted molar refractivity (Wildman–Crippen MR) is 143 cm³/mol. The van der Waals surface area contributed by atoms with Gasteiger partial charge in [0.25, 0.3) is 0 Å². The highest BCUT2D eigenvalue weighted by molar-refractivity contribution is 6.16. The van der Waals surface area contributed by atoms with Crippen LogP contribution < -0.4 is 9.30 Å². The summed E-state index contributed by atoms with van der Waals surface area (Å²) >= 11 is 0. The monoisotopic (exact) mass is 500 g/mol. The summed E-state index contributed by atoms with van der Waals surface area (Å²) < 4.78 is 49.6. The Labute approximate surface area is 214 Å². The standard InChI is InChI=1S/C32H29F3NO/c1-17-7-10-22-19(3)30-27(18(2)24(22)13-17)29-28-23(11-12-36(29)6)25-14-20(16-31(4,5)32(33,34)35)8-9-21(25)15-26(28)37-30/h7-15H,16H2,1-6H3/q+1. The van der Waals surface area contributed by atoms with Gasteiger partial charge in [0.05, 0.1) is 16.4 Å². The highest BCUT2D eigenvalue weighted by Crippen LogP contribution is 2.52. The first kappa shape index (κ1) is 23.8. The number of aromatic nitrogens is 1. The van der Waals surface area contributed by atoms with Crippen LogP contribution in [0.1, 0.15) is 36.1 Å². The highest BCUT2D eigenvalue weighted by atomic mass is 19.4. The van der Waals surface area contributed by atoms with Gasteiger partial charge in [0.15, 0.2) is 6.20 Å². The zero-order valence-electron chi connectivity index (χ0n) is 21.9. The van der Waals surface area contributed by atoms with Gasteiger partial charge in [0.2, 0.25) is 5.69 Å². The highest BCUT2D eigenvalue weighted by Gasteiger charge is 2.47. The topological polar surface area (TPSA) is 13.1 Å². The molecule has 0 aliphatic carbocycles. The molecule has 0 atom stereocenters. The van der Waals surface area contributed by atoms with E-state index in [9.17, 15) is 13.2 Å². The molecule has 0 unspecified atom stereocenters. The molecule has 4 aromatic carbocycles. The lowest BCUT2D eigenvalue weighted by Gasteiger charge is -2.28. The van der Waals surface area contributed by atoms with Crippen molar-refractivity contribution >= 4 is 32.3 Å². The number of hydrogen-bond donors (Lipinski definition) is 0. The summed E-state index contributed by atoms with van der Waals surface area (Å²) in [5, 5.41) is 6.25. The molecular weight excluding hydrogens is 471 g/mol. The molecular formula is C32H29F3NO+. The van der Waals surface area contributed by atoms with Gasteiger partial charge in [-0.1, -0.05) is 55.8 Å². The van der Waals surface area contributed by atoms with Crippen LogP contribution in [-0.2, 0) is 13.5 Å². The normalized spacial score (nSPS) is 13.3. The van der Waals surface area contributed by atoms with E-state index in [0.717, 1.165) is 55.4 Å². The molecule has 0 N–H and O–H groups in total. The van der Waals surface area contributed by atoms with Crippen molar-refractivity contribution in [3.05, 3.63) is 77.0 Å². The number of fused-ring (bicyclic) bond motifs is 5. The number of ether oxygens (including phenoxy) is 1. The van der Waals surface area contributed by atoms with E-state index in [4.69, 9.17) is 4.74 Å². The minimum atomic E-state index is -4.27. The van der Waals surface area contributed by atoms with Crippen molar-refractivity contribution < 1.29 is 22.5 Å². The lowest BCUT2D eigenvalue weighted by Crippen LogP contribution is -2.34. The molecule has 1 aliphatic heterocycles. The third kappa shape index (κ3) is 3.43. The second kappa shape index (κ2) is 7.70. The maximum absolute atomic E-state index is 13.6. The van der Waals surface area contributed by atoms with Gasteiger partial charge in [-0.3, -0.25) is 0 Å². The first-order valence-electron chi connectivity index (χ1n) is 12.5. The molecule has 0 fully saturated rings. The molecule has 0 radical (unpaired) electrons. The zero-order valence-corrected chi connectivity index (χ0v) is 21.9. The SMILES string of the molecule is Cc1ccc2c(C)c3c(c(C)c2c1)-c1c2c(cc4ccc(CC(C)(C)C(F)(F)F)cc4c2cc[n+]1C)O3. The van der Waals surface area contributed by atoms with E-state index < -0.39 is 11.6 Å². The van der Waals surface area contributed by atoms with Gasteiger partial charge in [0, 0.05) is 17.0 Å². The van der Waals surface area contributed by atoms with E-state index >= 15 is 0 Å². The molecule has 0 spiro atoms. The molecule has 5 heteroatoms. The summed E-state index contributed by atoms with van der Waals surface area (Å²) in [7, 11) is 2.04. The van der Waals surface area contributed by atoms with Gasteiger partial charge < -0.3 is 4.74 Å². The number of pyridine rings is 1. The van der Waals surface area contributed by atoms with Crippen LogP contribution >= 0.6 is 0 Å². The van der Waals surface area contributed by atoms with Crippen molar-refractivity contribution in [2.45, 2.75) is 47.2 Å². The molecule has 1 aliphatic rings. The Kier molecular flexibility index (Phi) is 4.95. The van der Waals surface area contributed by atoms with Crippen LogP contribution in [0.15, 0.2) is 54.7 Å². The van der Waals surface area contributed by atoms with E-state index in [1.54, 1.807) is 6.07 Å². The minimum absolute atomic E-state index is 0.0773. The van der Waals surface area contributed by atoms with Gasteiger partial charge in [-0.15, -0.1) is 0 Å². The first-order valence-corrected chi connectivity index (χ1v) is 12.5. The average Bonchev–Trinajstić information content (AvgIpc) is 2.83. The van der Waals surface area contributed by atoms with Crippen LogP contribution in [0.25, 0.3) is 43.6 Å². The Bertz CT molecular complexity index is 1780. The number of benzene rings is 4. The van der Waals surface area contributed by atoms with Crippen LogP contribution in [0.3, 0.4) is 0 Å². The third-order valence-electron chi connectivity index (χ3n) is 8.05. The van der Waals surface area contributed by atoms with Crippen molar-refractivity contribution in [1.29, 1.82) is 0 Å². The lowest BCUT2D eigenvalue weighted by atomic mass is 9.84. The summed E-state index contributed by atoms with van der Waals surface area (Å²) in [6.07, 6.45) is -2.31. The summed E-state index contributed by atoms with van der Waals surface area (Å²) in [6, 6.07) is 16.2. The van der Waals surface area contributed by atoms with Gasteiger partial charge in [-0.05, 0) is 65.9 Å². The summed E-state index contributed by atoms with van der Waals surface area (Å²) in [6.45, 7) is 8.87. The van der Waals surface area contributed by atoms with E-state index in [1.807, 2.05) is 37.5 Å². The summed E-state index contributed by atoms with van der Waals surface area (Å²) in [5.41, 5.74) is 4.47. The lowest BCUT2D eigenvalue weighted by molar-refractivity contribution is -0.659. The number of halogens is 3. The molecule has 188 valence electrons. The first-order chi connectivity index (χ1) is 17.4.